The fourth-order valence-corrected chi connectivity index (χ4v) is 1.41. The fraction of sp³-hybridized carbons (Fsp3) is 0.273. The van der Waals surface area contributed by atoms with Crippen LogP contribution in [0.2, 0.25) is 0 Å². The quantitative estimate of drug-likeness (QED) is 0.813. The number of H-pyrrole nitrogens is 1. The summed E-state index contributed by atoms with van der Waals surface area (Å²) in [7, 11) is 0. The zero-order chi connectivity index (χ0) is 11.4. The highest BCUT2D eigenvalue weighted by Gasteiger charge is 2.11. The van der Waals surface area contributed by atoms with Gasteiger partial charge in [0.05, 0.1) is 6.26 Å². The maximum atomic E-state index is 11.6. The van der Waals surface area contributed by atoms with E-state index in [0.29, 0.717) is 18.7 Å². The number of rotatable bonds is 4. The van der Waals surface area contributed by atoms with Gasteiger partial charge in [0.15, 0.2) is 5.76 Å². The van der Waals surface area contributed by atoms with Crippen LogP contribution in [0.4, 0.5) is 0 Å². The molecule has 2 aromatic rings. The number of hydrogen-bond donors (Lipinski definition) is 2. The van der Waals surface area contributed by atoms with Crippen molar-refractivity contribution in [3.63, 3.8) is 0 Å². The van der Waals surface area contributed by atoms with Crippen LogP contribution in [0.25, 0.3) is 0 Å². The smallest absolute Gasteiger partial charge is 0.287 e. The summed E-state index contributed by atoms with van der Waals surface area (Å²) in [5, 5.41) is 2.77. The van der Waals surface area contributed by atoms with Gasteiger partial charge in [0.25, 0.3) is 5.91 Å². The lowest BCUT2D eigenvalue weighted by molar-refractivity contribution is 0.0925. The molecule has 0 aliphatic heterocycles. The molecular formula is C11H13N3O2. The first-order chi connectivity index (χ1) is 7.77. The Kier molecular flexibility index (Phi) is 3.05. The van der Waals surface area contributed by atoms with Gasteiger partial charge in [-0.2, -0.15) is 0 Å². The summed E-state index contributed by atoms with van der Waals surface area (Å²) in [6.45, 7) is 2.37. The van der Waals surface area contributed by atoms with E-state index in [0.717, 1.165) is 11.4 Å². The SMILES string of the molecule is Cc1ccoc1C(=O)NCCc1ncc[nH]1. The van der Waals surface area contributed by atoms with Gasteiger partial charge in [0, 0.05) is 30.9 Å². The van der Waals surface area contributed by atoms with E-state index < -0.39 is 0 Å². The second-order valence-corrected chi connectivity index (χ2v) is 3.47. The van der Waals surface area contributed by atoms with Crippen molar-refractivity contribution < 1.29 is 9.21 Å². The maximum Gasteiger partial charge on any atom is 0.287 e. The van der Waals surface area contributed by atoms with Crippen LogP contribution in [0, 0.1) is 6.92 Å². The van der Waals surface area contributed by atoms with Crippen molar-refractivity contribution in [2.24, 2.45) is 0 Å². The second kappa shape index (κ2) is 4.65. The molecule has 0 atom stereocenters. The Hall–Kier alpha value is -2.04. The molecular weight excluding hydrogens is 206 g/mol. The molecule has 0 spiro atoms. The van der Waals surface area contributed by atoms with E-state index in [9.17, 15) is 4.79 Å². The first-order valence-corrected chi connectivity index (χ1v) is 5.08. The van der Waals surface area contributed by atoms with Gasteiger partial charge in [-0.3, -0.25) is 4.79 Å². The van der Waals surface area contributed by atoms with E-state index in [1.54, 1.807) is 18.5 Å². The molecule has 0 fully saturated rings. The van der Waals surface area contributed by atoms with E-state index in [1.165, 1.54) is 6.26 Å². The molecule has 0 aliphatic carbocycles. The van der Waals surface area contributed by atoms with Crippen LogP contribution < -0.4 is 5.32 Å². The highest BCUT2D eigenvalue weighted by molar-refractivity contribution is 5.92. The van der Waals surface area contributed by atoms with Gasteiger partial charge in [-0.05, 0) is 13.0 Å². The number of aromatic nitrogens is 2. The predicted octanol–water partition coefficient (Wildman–Crippen LogP) is 1.28. The molecule has 5 heteroatoms. The Morgan fingerprint density at radius 3 is 3.12 bits per heavy atom. The number of imidazole rings is 1. The Morgan fingerprint density at radius 1 is 1.62 bits per heavy atom. The first-order valence-electron chi connectivity index (χ1n) is 5.08. The molecule has 0 saturated carbocycles. The van der Waals surface area contributed by atoms with Gasteiger partial charge >= 0.3 is 0 Å². The van der Waals surface area contributed by atoms with Gasteiger partial charge in [-0.1, -0.05) is 0 Å². The summed E-state index contributed by atoms with van der Waals surface area (Å²) in [6, 6.07) is 1.77. The average Bonchev–Trinajstić information content (AvgIpc) is 2.88. The minimum absolute atomic E-state index is 0.186. The Labute approximate surface area is 92.9 Å². The monoisotopic (exact) mass is 219 g/mol. The molecule has 2 aromatic heterocycles. The van der Waals surface area contributed by atoms with Crippen molar-refractivity contribution >= 4 is 5.91 Å². The Balaban J connectivity index is 1.83. The van der Waals surface area contributed by atoms with Crippen molar-refractivity contribution in [3.05, 3.63) is 41.9 Å². The summed E-state index contributed by atoms with van der Waals surface area (Å²) in [6.07, 6.45) is 5.64. The average molecular weight is 219 g/mol. The van der Waals surface area contributed by atoms with Gasteiger partial charge in [0.1, 0.15) is 5.82 Å². The van der Waals surface area contributed by atoms with Crippen LogP contribution >= 0.6 is 0 Å². The lowest BCUT2D eigenvalue weighted by atomic mass is 10.2. The van der Waals surface area contributed by atoms with Gasteiger partial charge in [-0.25, -0.2) is 4.98 Å². The summed E-state index contributed by atoms with van der Waals surface area (Å²) in [5.41, 5.74) is 0.843. The van der Waals surface area contributed by atoms with Crippen LogP contribution in [0.1, 0.15) is 21.9 Å². The minimum atomic E-state index is -0.186. The highest BCUT2D eigenvalue weighted by Crippen LogP contribution is 2.07. The third kappa shape index (κ3) is 2.31. The number of hydrogen-bond acceptors (Lipinski definition) is 3. The van der Waals surface area contributed by atoms with Crippen LogP contribution in [0.3, 0.4) is 0 Å². The summed E-state index contributed by atoms with van der Waals surface area (Å²) in [5.74, 6) is 1.05. The van der Waals surface area contributed by atoms with Crippen molar-refractivity contribution in [1.82, 2.24) is 15.3 Å². The molecule has 0 saturated heterocycles. The molecule has 0 bridgehead atoms. The molecule has 1 amide bonds. The highest BCUT2D eigenvalue weighted by atomic mass is 16.3. The molecule has 0 unspecified atom stereocenters. The maximum absolute atomic E-state index is 11.6. The molecule has 5 nitrogen and oxygen atoms in total. The third-order valence-electron chi connectivity index (χ3n) is 2.27. The van der Waals surface area contributed by atoms with Crippen LogP contribution in [-0.4, -0.2) is 22.4 Å². The van der Waals surface area contributed by atoms with E-state index in [4.69, 9.17) is 4.42 Å². The normalized spacial score (nSPS) is 10.3. The van der Waals surface area contributed by atoms with Crippen molar-refractivity contribution in [2.45, 2.75) is 13.3 Å². The van der Waals surface area contributed by atoms with E-state index in [2.05, 4.69) is 15.3 Å². The number of amides is 1. The van der Waals surface area contributed by atoms with Crippen LogP contribution in [0.15, 0.2) is 29.1 Å². The number of carbonyl (C=O) groups excluding carboxylic acids is 1. The number of aryl methyl sites for hydroxylation is 1. The predicted molar refractivity (Wildman–Crippen MR) is 58.1 cm³/mol. The zero-order valence-corrected chi connectivity index (χ0v) is 8.99. The molecule has 2 rings (SSSR count). The molecule has 2 heterocycles. The molecule has 0 aromatic carbocycles. The Morgan fingerprint density at radius 2 is 2.50 bits per heavy atom. The zero-order valence-electron chi connectivity index (χ0n) is 8.99. The topological polar surface area (TPSA) is 70.9 Å². The van der Waals surface area contributed by atoms with Gasteiger partial charge in [-0.15, -0.1) is 0 Å². The van der Waals surface area contributed by atoms with E-state index in [1.807, 2.05) is 6.92 Å². The Bertz CT molecular complexity index is 459. The van der Waals surface area contributed by atoms with Gasteiger partial charge < -0.3 is 14.7 Å². The molecule has 2 N–H and O–H groups in total. The van der Waals surface area contributed by atoms with Crippen molar-refractivity contribution in [3.8, 4) is 0 Å². The fourth-order valence-electron chi connectivity index (χ4n) is 1.41. The minimum Gasteiger partial charge on any atom is -0.459 e. The first kappa shape index (κ1) is 10.5. The second-order valence-electron chi connectivity index (χ2n) is 3.47. The number of carbonyl (C=O) groups is 1. The lowest BCUT2D eigenvalue weighted by Crippen LogP contribution is -2.26. The number of nitrogens with zero attached hydrogens (tertiary/aromatic N) is 1. The van der Waals surface area contributed by atoms with Crippen molar-refractivity contribution in [1.29, 1.82) is 0 Å². The molecule has 84 valence electrons. The lowest BCUT2D eigenvalue weighted by Gasteiger charge is -2.02. The largest absolute Gasteiger partial charge is 0.459 e. The standard InChI is InChI=1S/C11H13N3O2/c1-8-3-7-16-10(8)11(15)14-4-2-9-12-5-6-13-9/h3,5-7H,2,4H2,1H3,(H,12,13)(H,14,15). The summed E-state index contributed by atoms with van der Waals surface area (Å²) in [4.78, 5) is 18.7. The molecule has 0 radical (unpaired) electrons. The van der Waals surface area contributed by atoms with E-state index >= 15 is 0 Å². The number of furan rings is 1. The third-order valence-corrected chi connectivity index (χ3v) is 2.27. The van der Waals surface area contributed by atoms with Gasteiger partial charge in [0.2, 0.25) is 0 Å². The van der Waals surface area contributed by atoms with Crippen molar-refractivity contribution in [2.75, 3.05) is 6.54 Å². The van der Waals surface area contributed by atoms with E-state index in [-0.39, 0.29) is 5.91 Å². The molecule has 0 aliphatic rings. The number of aromatic amines is 1. The van der Waals surface area contributed by atoms with Crippen LogP contribution in [0.5, 0.6) is 0 Å². The summed E-state index contributed by atoms with van der Waals surface area (Å²) < 4.78 is 5.08. The number of nitrogens with one attached hydrogen (secondary N) is 2. The molecule has 16 heavy (non-hydrogen) atoms. The summed E-state index contributed by atoms with van der Waals surface area (Å²) >= 11 is 0. The van der Waals surface area contributed by atoms with Crippen LogP contribution in [-0.2, 0) is 6.42 Å².